The van der Waals surface area contributed by atoms with Crippen LogP contribution in [0.5, 0.6) is 11.5 Å². The number of carbonyl (C=O) groups is 1. The maximum absolute atomic E-state index is 13.5. The first-order valence-electron chi connectivity index (χ1n) is 9.46. The van der Waals surface area contributed by atoms with Gasteiger partial charge >= 0.3 is 5.97 Å². The normalized spacial score (nSPS) is 14.3. The number of rotatable bonds is 6. The smallest absolute Gasteiger partial charge is 0.363 e. The average molecular weight is 608 g/mol. The lowest BCUT2D eigenvalue weighted by molar-refractivity contribution is -0.129. The van der Waals surface area contributed by atoms with Gasteiger partial charge in [0.05, 0.1) is 11.6 Å². The first kappa shape index (κ1) is 22.5. The molecule has 0 radical (unpaired) electrons. The van der Waals surface area contributed by atoms with Gasteiger partial charge in [0.25, 0.3) is 0 Å². The van der Waals surface area contributed by atoms with Crippen LogP contribution in [0.1, 0.15) is 16.7 Å². The highest BCUT2D eigenvalue weighted by molar-refractivity contribution is 14.1. The van der Waals surface area contributed by atoms with Gasteiger partial charge in [-0.25, -0.2) is 14.2 Å². The predicted molar refractivity (Wildman–Crippen MR) is 131 cm³/mol. The number of benzene rings is 3. The lowest BCUT2D eigenvalue weighted by atomic mass is 10.1. The zero-order valence-corrected chi connectivity index (χ0v) is 20.5. The van der Waals surface area contributed by atoms with E-state index in [9.17, 15) is 9.18 Å². The summed E-state index contributed by atoms with van der Waals surface area (Å²) in [6.45, 7) is 0.375. The van der Waals surface area contributed by atoms with Crippen LogP contribution in [0.2, 0.25) is 0 Å². The summed E-state index contributed by atoms with van der Waals surface area (Å²) in [5, 5.41) is 0. The molecule has 1 aliphatic rings. The van der Waals surface area contributed by atoms with E-state index in [4.69, 9.17) is 14.2 Å². The van der Waals surface area contributed by atoms with Crippen LogP contribution in [0.15, 0.2) is 75.8 Å². The molecule has 0 bridgehead atoms. The molecule has 8 heteroatoms. The highest BCUT2D eigenvalue weighted by atomic mass is 127. The van der Waals surface area contributed by atoms with Crippen molar-refractivity contribution in [3.8, 4) is 11.5 Å². The molecule has 0 spiro atoms. The first-order valence-corrected chi connectivity index (χ1v) is 11.3. The zero-order chi connectivity index (χ0) is 22.7. The second kappa shape index (κ2) is 9.83. The fourth-order valence-electron chi connectivity index (χ4n) is 3.01. The van der Waals surface area contributed by atoms with Crippen molar-refractivity contribution in [1.82, 2.24) is 0 Å². The highest BCUT2D eigenvalue weighted by Gasteiger charge is 2.24. The molecule has 0 unspecified atom stereocenters. The Kier molecular flexibility index (Phi) is 6.90. The number of hydrogen-bond acceptors (Lipinski definition) is 5. The van der Waals surface area contributed by atoms with Crippen LogP contribution in [0.3, 0.4) is 0 Å². The monoisotopic (exact) mass is 607 g/mol. The van der Waals surface area contributed by atoms with E-state index in [-0.39, 0.29) is 11.6 Å². The van der Waals surface area contributed by atoms with E-state index in [0.29, 0.717) is 33.7 Å². The van der Waals surface area contributed by atoms with E-state index in [0.717, 1.165) is 9.13 Å². The molecule has 0 fully saturated rings. The van der Waals surface area contributed by atoms with E-state index >= 15 is 0 Å². The Bertz CT molecular complexity index is 1240. The SMILES string of the molecule is COc1cc(/C=C2\N=C(c3cccc(F)c3)OC2=O)cc(Br)c1OCc1ccc(I)cc1. The molecule has 0 atom stereocenters. The molecule has 0 aliphatic carbocycles. The number of hydrogen-bond donors (Lipinski definition) is 0. The van der Waals surface area contributed by atoms with E-state index in [1.54, 1.807) is 31.4 Å². The molecule has 1 heterocycles. The van der Waals surface area contributed by atoms with Gasteiger partial charge in [-0.15, -0.1) is 0 Å². The van der Waals surface area contributed by atoms with Crippen LogP contribution in [0.25, 0.3) is 6.08 Å². The van der Waals surface area contributed by atoms with Crippen LogP contribution in [-0.2, 0) is 16.1 Å². The molecule has 0 N–H and O–H groups in total. The van der Waals surface area contributed by atoms with Gasteiger partial charge in [-0.05, 0) is 98.2 Å². The summed E-state index contributed by atoms with van der Waals surface area (Å²) in [7, 11) is 1.54. The molecule has 0 saturated carbocycles. The number of aliphatic imine (C=N–C) groups is 1. The number of ether oxygens (including phenoxy) is 3. The van der Waals surface area contributed by atoms with Crippen molar-refractivity contribution >= 4 is 56.5 Å². The van der Waals surface area contributed by atoms with Gasteiger partial charge in [0.1, 0.15) is 12.4 Å². The van der Waals surface area contributed by atoms with E-state index in [1.807, 2.05) is 24.3 Å². The molecule has 0 saturated heterocycles. The van der Waals surface area contributed by atoms with Gasteiger partial charge < -0.3 is 14.2 Å². The predicted octanol–water partition coefficient (Wildman–Crippen LogP) is 6.12. The number of carbonyl (C=O) groups excluding carboxylic acids is 1. The number of esters is 1. The second-order valence-corrected chi connectivity index (χ2v) is 8.90. The lowest BCUT2D eigenvalue weighted by Gasteiger charge is -2.14. The Morgan fingerprint density at radius 2 is 1.94 bits per heavy atom. The number of methoxy groups -OCH3 is 1. The number of cyclic esters (lactones) is 1. The lowest BCUT2D eigenvalue weighted by Crippen LogP contribution is -2.05. The van der Waals surface area contributed by atoms with Gasteiger partial charge in [-0.3, -0.25) is 0 Å². The topological polar surface area (TPSA) is 57.1 Å². The van der Waals surface area contributed by atoms with Crippen molar-refractivity contribution in [1.29, 1.82) is 0 Å². The fourth-order valence-corrected chi connectivity index (χ4v) is 3.95. The van der Waals surface area contributed by atoms with Crippen molar-refractivity contribution in [2.45, 2.75) is 6.61 Å². The first-order chi connectivity index (χ1) is 15.4. The van der Waals surface area contributed by atoms with Crippen LogP contribution in [-0.4, -0.2) is 19.0 Å². The van der Waals surface area contributed by atoms with Gasteiger partial charge in [0.15, 0.2) is 17.2 Å². The molecule has 3 aromatic carbocycles. The molecule has 0 amide bonds. The van der Waals surface area contributed by atoms with E-state index in [1.165, 1.54) is 18.2 Å². The minimum absolute atomic E-state index is 0.0595. The molecule has 162 valence electrons. The molecule has 32 heavy (non-hydrogen) atoms. The zero-order valence-electron chi connectivity index (χ0n) is 16.8. The Morgan fingerprint density at radius 1 is 1.16 bits per heavy atom. The Balaban J connectivity index is 1.59. The van der Waals surface area contributed by atoms with Crippen LogP contribution < -0.4 is 9.47 Å². The third kappa shape index (κ3) is 5.18. The summed E-state index contributed by atoms with van der Waals surface area (Å²) in [6, 6.07) is 17.3. The molecule has 0 aromatic heterocycles. The van der Waals surface area contributed by atoms with Crippen molar-refractivity contribution in [3.05, 3.63) is 96.9 Å². The van der Waals surface area contributed by atoms with E-state index in [2.05, 4.69) is 43.5 Å². The van der Waals surface area contributed by atoms with Gasteiger partial charge in [0.2, 0.25) is 5.90 Å². The Labute approximate surface area is 206 Å². The van der Waals surface area contributed by atoms with Crippen molar-refractivity contribution < 1.29 is 23.4 Å². The summed E-state index contributed by atoms with van der Waals surface area (Å²) in [5.74, 6) is 0.0550. The summed E-state index contributed by atoms with van der Waals surface area (Å²) in [6.07, 6.45) is 1.57. The van der Waals surface area contributed by atoms with Gasteiger partial charge in [-0.2, -0.15) is 0 Å². The standard InChI is InChI=1S/C24H16BrFINO4/c1-30-21-11-15(9-19(25)22(21)31-13-14-5-7-18(27)8-6-14)10-20-24(29)32-23(28-20)16-3-2-4-17(26)12-16/h2-12H,13H2,1H3/b20-10-. The number of nitrogens with zero attached hydrogens (tertiary/aromatic N) is 1. The third-order valence-corrected chi connectivity index (χ3v) is 5.85. The summed E-state index contributed by atoms with van der Waals surface area (Å²) in [4.78, 5) is 16.5. The fraction of sp³-hybridized carbons (Fsp3) is 0.0833. The summed E-state index contributed by atoms with van der Waals surface area (Å²) >= 11 is 5.77. The minimum Gasteiger partial charge on any atom is -0.493 e. The molecule has 4 rings (SSSR count). The minimum atomic E-state index is -0.613. The molecular weight excluding hydrogens is 592 g/mol. The van der Waals surface area contributed by atoms with Crippen molar-refractivity contribution in [2.24, 2.45) is 4.99 Å². The second-order valence-electron chi connectivity index (χ2n) is 6.80. The van der Waals surface area contributed by atoms with Crippen LogP contribution >= 0.6 is 38.5 Å². The van der Waals surface area contributed by atoms with Gasteiger partial charge in [0, 0.05) is 9.13 Å². The van der Waals surface area contributed by atoms with Crippen LogP contribution in [0.4, 0.5) is 4.39 Å². The maximum Gasteiger partial charge on any atom is 0.363 e. The summed E-state index contributed by atoms with van der Waals surface area (Å²) < 4.78 is 31.9. The Morgan fingerprint density at radius 3 is 2.66 bits per heavy atom. The molecule has 3 aromatic rings. The molecule has 1 aliphatic heterocycles. The average Bonchev–Trinajstić information content (AvgIpc) is 3.14. The molecule has 5 nitrogen and oxygen atoms in total. The summed E-state index contributed by atoms with van der Waals surface area (Å²) in [5.41, 5.74) is 2.18. The van der Waals surface area contributed by atoms with Crippen LogP contribution in [0, 0.1) is 9.39 Å². The van der Waals surface area contributed by atoms with Crippen molar-refractivity contribution in [3.63, 3.8) is 0 Å². The Hall–Kier alpha value is -2.72. The largest absolute Gasteiger partial charge is 0.493 e. The number of halogens is 3. The maximum atomic E-state index is 13.5. The van der Waals surface area contributed by atoms with Crippen molar-refractivity contribution in [2.75, 3.05) is 7.11 Å². The third-order valence-electron chi connectivity index (χ3n) is 4.54. The molecular formula is C24H16BrFINO4. The quantitative estimate of drug-likeness (QED) is 0.192. The van der Waals surface area contributed by atoms with E-state index < -0.39 is 11.8 Å². The highest BCUT2D eigenvalue weighted by Crippen LogP contribution is 2.38. The van der Waals surface area contributed by atoms with Gasteiger partial charge in [-0.1, -0.05) is 18.2 Å².